The van der Waals surface area contributed by atoms with Crippen LogP contribution in [0.15, 0.2) is 30.7 Å². The monoisotopic (exact) mass is 314 g/mol. The Morgan fingerprint density at radius 1 is 1.53 bits per heavy atom. The zero-order valence-corrected chi connectivity index (χ0v) is 10.4. The van der Waals surface area contributed by atoms with Gasteiger partial charge < -0.3 is 5.73 Å². The number of rotatable bonds is 2. The van der Waals surface area contributed by atoms with E-state index in [2.05, 4.69) is 32.7 Å². The standard InChI is InChI=1S/C10H11IN4/c1-7(12)8-2-3-13-10(4-8)15-6-9(11)5-14-15/h2-7H,12H2,1H3. The van der Waals surface area contributed by atoms with Crippen LogP contribution in [0.5, 0.6) is 0 Å². The van der Waals surface area contributed by atoms with Crippen LogP contribution in [0.25, 0.3) is 5.82 Å². The van der Waals surface area contributed by atoms with Crippen molar-refractivity contribution >= 4 is 22.6 Å². The van der Waals surface area contributed by atoms with E-state index in [0.717, 1.165) is 15.0 Å². The maximum Gasteiger partial charge on any atom is 0.153 e. The van der Waals surface area contributed by atoms with Crippen LogP contribution in [-0.2, 0) is 0 Å². The second-order valence-corrected chi connectivity index (χ2v) is 4.58. The zero-order valence-electron chi connectivity index (χ0n) is 8.26. The molecule has 0 aromatic carbocycles. The van der Waals surface area contributed by atoms with Gasteiger partial charge in [-0.1, -0.05) is 0 Å². The van der Waals surface area contributed by atoms with Crippen molar-refractivity contribution < 1.29 is 0 Å². The number of hydrogen-bond donors (Lipinski definition) is 1. The lowest BCUT2D eigenvalue weighted by Crippen LogP contribution is -2.07. The highest BCUT2D eigenvalue weighted by Crippen LogP contribution is 2.13. The highest BCUT2D eigenvalue weighted by Gasteiger charge is 2.04. The summed E-state index contributed by atoms with van der Waals surface area (Å²) in [5.74, 6) is 0.799. The van der Waals surface area contributed by atoms with Gasteiger partial charge in [-0.25, -0.2) is 9.67 Å². The zero-order chi connectivity index (χ0) is 10.8. The van der Waals surface area contributed by atoms with E-state index in [1.807, 2.05) is 25.3 Å². The Balaban J connectivity index is 2.41. The minimum Gasteiger partial charge on any atom is -0.324 e. The number of nitrogens with zero attached hydrogens (tertiary/aromatic N) is 3. The summed E-state index contributed by atoms with van der Waals surface area (Å²) in [6, 6.07) is 3.89. The Bertz CT molecular complexity index is 464. The number of nitrogens with two attached hydrogens (primary N) is 1. The Morgan fingerprint density at radius 3 is 2.93 bits per heavy atom. The average molecular weight is 314 g/mol. The third-order valence-electron chi connectivity index (χ3n) is 2.08. The molecule has 2 rings (SSSR count). The second-order valence-electron chi connectivity index (χ2n) is 3.34. The highest BCUT2D eigenvalue weighted by atomic mass is 127. The summed E-state index contributed by atoms with van der Waals surface area (Å²) >= 11 is 2.21. The molecule has 5 heteroatoms. The molecule has 2 heterocycles. The van der Waals surface area contributed by atoms with Gasteiger partial charge in [0.25, 0.3) is 0 Å². The first kappa shape index (κ1) is 10.6. The fraction of sp³-hybridized carbons (Fsp3) is 0.200. The van der Waals surface area contributed by atoms with E-state index in [-0.39, 0.29) is 6.04 Å². The van der Waals surface area contributed by atoms with Crippen LogP contribution in [-0.4, -0.2) is 14.8 Å². The third-order valence-corrected chi connectivity index (χ3v) is 2.64. The minimum absolute atomic E-state index is 0.0152. The molecule has 4 nitrogen and oxygen atoms in total. The van der Waals surface area contributed by atoms with Crippen molar-refractivity contribution in [3.8, 4) is 5.82 Å². The Labute approximate surface area is 102 Å². The van der Waals surface area contributed by atoms with Crippen LogP contribution in [0.2, 0.25) is 0 Å². The first-order chi connectivity index (χ1) is 7.16. The Morgan fingerprint density at radius 2 is 2.33 bits per heavy atom. The molecular weight excluding hydrogens is 303 g/mol. The van der Waals surface area contributed by atoms with Crippen LogP contribution in [0.3, 0.4) is 0 Å². The van der Waals surface area contributed by atoms with Gasteiger partial charge in [0, 0.05) is 18.4 Å². The molecule has 0 amide bonds. The number of halogens is 1. The van der Waals surface area contributed by atoms with Crippen molar-refractivity contribution in [2.45, 2.75) is 13.0 Å². The van der Waals surface area contributed by atoms with Gasteiger partial charge in [-0.15, -0.1) is 0 Å². The summed E-state index contributed by atoms with van der Waals surface area (Å²) in [6.07, 6.45) is 5.47. The molecule has 0 aliphatic rings. The van der Waals surface area contributed by atoms with E-state index in [1.54, 1.807) is 17.1 Å². The van der Waals surface area contributed by atoms with Gasteiger partial charge in [0.05, 0.1) is 9.77 Å². The molecule has 0 spiro atoms. The molecule has 0 aliphatic heterocycles. The fourth-order valence-corrected chi connectivity index (χ4v) is 1.66. The average Bonchev–Trinajstić information content (AvgIpc) is 2.65. The summed E-state index contributed by atoms with van der Waals surface area (Å²) in [7, 11) is 0. The van der Waals surface area contributed by atoms with Crippen molar-refractivity contribution in [3.05, 3.63) is 39.9 Å². The molecule has 1 unspecified atom stereocenters. The molecule has 2 aromatic heterocycles. The first-order valence-corrected chi connectivity index (χ1v) is 5.67. The summed E-state index contributed by atoms with van der Waals surface area (Å²) in [5.41, 5.74) is 6.87. The lowest BCUT2D eigenvalue weighted by atomic mass is 10.1. The van der Waals surface area contributed by atoms with Gasteiger partial charge in [0.1, 0.15) is 0 Å². The van der Waals surface area contributed by atoms with Gasteiger partial charge in [0.15, 0.2) is 5.82 Å². The summed E-state index contributed by atoms with van der Waals surface area (Å²) in [5, 5.41) is 4.19. The smallest absolute Gasteiger partial charge is 0.153 e. The lowest BCUT2D eigenvalue weighted by molar-refractivity contribution is 0.796. The number of hydrogen-bond acceptors (Lipinski definition) is 3. The fourth-order valence-electron chi connectivity index (χ4n) is 1.27. The normalized spacial score (nSPS) is 12.7. The van der Waals surface area contributed by atoms with Crippen molar-refractivity contribution in [1.82, 2.24) is 14.8 Å². The molecule has 0 fully saturated rings. The molecule has 15 heavy (non-hydrogen) atoms. The van der Waals surface area contributed by atoms with E-state index in [9.17, 15) is 0 Å². The van der Waals surface area contributed by atoms with Gasteiger partial charge in [-0.3, -0.25) is 0 Å². The second kappa shape index (κ2) is 4.28. The Hall–Kier alpha value is -0.950. The molecule has 0 bridgehead atoms. The molecule has 0 saturated heterocycles. The van der Waals surface area contributed by atoms with Crippen molar-refractivity contribution in [2.24, 2.45) is 5.73 Å². The maximum atomic E-state index is 5.81. The summed E-state index contributed by atoms with van der Waals surface area (Å²) in [6.45, 7) is 1.95. The molecule has 0 aliphatic carbocycles. The van der Waals surface area contributed by atoms with E-state index in [4.69, 9.17) is 5.73 Å². The molecule has 0 saturated carbocycles. The van der Waals surface area contributed by atoms with E-state index in [1.165, 1.54) is 0 Å². The molecule has 2 N–H and O–H groups in total. The Kier molecular flexibility index (Phi) is 3.01. The van der Waals surface area contributed by atoms with Gasteiger partial charge in [-0.05, 0) is 47.2 Å². The highest BCUT2D eigenvalue weighted by molar-refractivity contribution is 14.1. The van der Waals surface area contributed by atoms with Crippen molar-refractivity contribution in [2.75, 3.05) is 0 Å². The molecule has 2 aromatic rings. The molecular formula is C10H11IN4. The SMILES string of the molecule is CC(N)c1ccnc(-n2cc(I)cn2)c1. The lowest BCUT2D eigenvalue weighted by Gasteiger charge is -2.06. The largest absolute Gasteiger partial charge is 0.324 e. The number of pyridine rings is 1. The van der Waals surface area contributed by atoms with Crippen LogP contribution in [0.1, 0.15) is 18.5 Å². The van der Waals surface area contributed by atoms with E-state index < -0.39 is 0 Å². The first-order valence-electron chi connectivity index (χ1n) is 4.59. The van der Waals surface area contributed by atoms with Crippen molar-refractivity contribution in [1.29, 1.82) is 0 Å². The number of aromatic nitrogens is 3. The topological polar surface area (TPSA) is 56.7 Å². The third kappa shape index (κ3) is 2.35. The van der Waals surface area contributed by atoms with Crippen LogP contribution < -0.4 is 5.73 Å². The quantitative estimate of drug-likeness (QED) is 0.861. The molecule has 1 atom stereocenters. The van der Waals surface area contributed by atoms with Gasteiger partial charge in [-0.2, -0.15) is 5.10 Å². The van der Waals surface area contributed by atoms with E-state index in [0.29, 0.717) is 0 Å². The maximum absolute atomic E-state index is 5.81. The summed E-state index contributed by atoms with van der Waals surface area (Å²) < 4.78 is 2.83. The predicted molar refractivity (Wildman–Crippen MR) is 66.7 cm³/mol. The van der Waals surface area contributed by atoms with Crippen LogP contribution >= 0.6 is 22.6 Å². The van der Waals surface area contributed by atoms with Gasteiger partial charge in [0.2, 0.25) is 0 Å². The molecule has 78 valence electrons. The van der Waals surface area contributed by atoms with Crippen LogP contribution in [0, 0.1) is 3.57 Å². The summed E-state index contributed by atoms with van der Waals surface area (Å²) in [4.78, 5) is 4.25. The van der Waals surface area contributed by atoms with Crippen LogP contribution in [0.4, 0.5) is 0 Å². The predicted octanol–water partition coefficient (Wildman–Crippen LogP) is 1.89. The van der Waals surface area contributed by atoms with Crippen molar-refractivity contribution in [3.63, 3.8) is 0 Å². The van der Waals surface area contributed by atoms with E-state index >= 15 is 0 Å². The molecule has 0 radical (unpaired) electrons. The minimum atomic E-state index is 0.0152. The van der Waals surface area contributed by atoms with Gasteiger partial charge >= 0.3 is 0 Å².